The highest BCUT2D eigenvalue weighted by molar-refractivity contribution is 5.98. The van der Waals surface area contributed by atoms with Crippen molar-refractivity contribution in [1.82, 2.24) is 15.3 Å². The van der Waals surface area contributed by atoms with E-state index >= 15 is 0 Å². The molecule has 2 rings (SSSR count). The van der Waals surface area contributed by atoms with Crippen LogP contribution >= 0.6 is 0 Å². The minimum absolute atomic E-state index is 0.154. The first-order valence-electron chi connectivity index (χ1n) is 6.63. The number of hydrogen-bond acceptors (Lipinski definition) is 4. The van der Waals surface area contributed by atoms with Gasteiger partial charge in [-0.15, -0.1) is 0 Å². The Hall–Kier alpha value is -2.43. The van der Waals surface area contributed by atoms with Crippen LogP contribution < -0.4 is 10.6 Å². The summed E-state index contributed by atoms with van der Waals surface area (Å²) in [7, 11) is 0. The zero-order chi connectivity index (χ0) is 14.4. The topological polar surface area (TPSA) is 66.9 Å². The molecule has 0 spiro atoms. The average Bonchev–Trinajstić information content (AvgIpc) is 2.49. The number of hydrogen-bond donors (Lipinski definition) is 2. The number of nitrogens with one attached hydrogen (secondary N) is 2. The third kappa shape index (κ3) is 3.32. The van der Waals surface area contributed by atoms with Gasteiger partial charge >= 0.3 is 0 Å². The molecule has 20 heavy (non-hydrogen) atoms. The Morgan fingerprint density at radius 1 is 1.20 bits per heavy atom. The SMILES string of the molecule is CCNc1ncccc1C(=O)NC(C)c1ccccn1. The fraction of sp³-hybridized carbons (Fsp3) is 0.267. The summed E-state index contributed by atoms with van der Waals surface area (Å²) in [6, 6.07) is 8.99. The van der Waals surface area contributed by atoms with Gasteiger partial charge in [0.25, 0.3) is 5.91 Å². The molecule has 0 aromatic carbocycles. The van der Waals surface area contributed by atoms with Crippen LogP contribution in [0.25, 0.3) is 0 Å². The summed E-state index contributed by atoms with van der Waals surface area (Å²) in [5.41, 5.74) is 1.37. The molecule has 2 N–H and O–H groups in total. The van der Waals surface area contributed by atoms with Crippen LogP contribution in [-0.4, -0.2) is 22.4 Å². The monoisotopic (exact) mass is 270 g/mol. The summed E-state index contributed by atoms with van der Waals surface area (Å²) in [6.45, 7) is 4.59. The Morgan fingerprint density at radius 3 is 2.70 bits per heavy atom. The smallest absolute Gasteiger partial charge is 0.255 e. The summed E-state index contributed by atoms with van der Waals surface area (Å²) in [5.74, 6) is 0.438. The van der Waals surface area contributed by atoms with Gasteiger partial charge in [0.1, 0.15) is 5.82 Å². The average molecular weight is 270 g/mol. The molecule has 2 aromatic heterocycles. The zero-order valence-electron chi connectivity index (χ0n) is 11.6. The highest BCUT2D eigenvalue weighted by Crippen LogP contribution is 2.14. The zero-order valence-corrected chi connectivity index (χ0v) is 11.6. The second-order valence-corrected chi connectivity index (χ2v) is 4.38. The van der Waals surface area contributed by atoms with Crippen molar-refractivity contribution in [3.8, 4) is 0 Å². The number of anilines is 1. The minimum Gasteiger partial charge on any atom is -0.370 e. The first-order valence-corrected chi connectivity index (χ1v) is 6.63. The lowest BCUT2D eigenvalue weighted by atomic mass is 10.2. The molecule has 0 aliphatic heterocycles. The van der Waals surface area contributed by atoms with Gasteiger partial charge in [-0.25, -0.2) is 4.98 Å². The predicted molar refractivity (Wildman–Crippen MR) is 78.5 cm³/mol. The van der Waals surface area contributed by atoms with E-state index in [1.807, 2.05) is 32.0 Å². The molecule has 2 aromatic rings. The summed E-state index contributed by atoms with van der Waals surface area (Å²) >= 11 is 0. The van der Waals surface area contributed by atoms with Crippen LogP contribution in [0.4, 0.5) is 5.82 Å². The van der Waals surface area contributed by atoms with Crippen LogP contribution in [0.15, 0.2) is 42.7 Å². The number of pyridine rings is 2. The molecule has 0 bridgehead atoms. The van der Waals surface area contributed by atoms with Gasteiger partial charge in [-0.1, -0.05) is 6.07 Å². The van der Waals surface area contributed by atoms with Gasteiger partial charge in [-0.3, -0.25) is 9.78 Å². The van der Waals surface area contributed by atoms with Crippen molar-refractivity contribution in [2.45, 2.75) is 19.9 Å². The molecular formula is C15H18N4O. The molecule has 0 saturated heterocycles. The van der Waals surface area contributed by atoms with Crippen LogP contribution in [0.1, 0.15) is 35.9 Å². The van der Waals surface area contributed by atoms with Crippen LogP contribution in [0.2, 0.25) is 0 Å². The molecule has 0 fully saturated rings. The maximum Gasteiger partial charge on any atom is 0.255 e. The van der Waals surface area contributed by atoms with E-state index in [1.54, 1.807) is 24.5 Å². The van der Waals surface area contributed by atoms with Crippen LogP contribution in [-0.2, 0) is 0 Å². The van der Waals surface area contributed by atoms with Gasteiger partial charge in [0.05, 0.1) is 17.3 Å². The molecule has 1 amide bonds. The van der Waals surface area contributed by atoms with E-state index in [-0.39, 0.29) is 11.9 Å². The van der Waals surface area contributed by atoms with E-state index in [0.29, 0.717) is 17.9 Å². The van der Waals surface area contributed by atoms with E-state index in [9.17, 15) is 4.79 Å². The van der Waals surface area contributed by atoms with Gasteiger partial charge in [0.2, 0.25) is 0 Å². The van der Waals surface area contributed by atoms with Crippen molar-refractivity contribution in [3.63, 3.8) is 0 Å². The molecule has 0 saturated carbocycles. The lowest BCUT2D eigenvalue weighted by Crippen LogP contribution is -2.28. The summed E-state index contributed by atoms with van der Waals surface area (Å²) in [4.78, 5) is 20.7. The Bertz CT molecular complexity index is 571. The Labute approximate surface area is 118 Å². The van der Waals surface area contributed by atoms with Crippen LogP contribution in [0, 0.1) is 0 Å². The lowest BCUT2D eigenvalue weighted by Gasteiger charge is -2.15. The number of rotatable bonds is 5. The second-order valence-electron chi connectivity index (χ2n) is 4.38. The van der Waals surface area contributed by atoms with E-state index in [0.717, 1.165) is 5.69 Å². The van der Waals surface area contributed by atoms with Crippen molar-refractivity contribution < 1.29 is 4.79 Å². The quantitative estimate of drug-likeness (QED) is 0.875. The number of aromatic nitrogens is 2. The molecule has 1 atom stereocenters. The number of carbonyl (C=O) groups is 1. The standard InChI is InChI=1S/C15H18N4O/c1-3-16-14-12(7-6-10-18-14)15(20)19-11(2)13-8-4-5-9-17-13/h4-11H,3H2,1-2H3,(H,16,18)(H,19,20). The van der Waals surface area contributed by atoms with Crippen molar-refractivity contribution in [1.29, 1.82) is 0 Å². The maximum atomic E-state index is 12.3. The number of nitrogens with zero attached hydrogens (tertiary/aromatic N) is 2. The van der Waals surface area contributed by atoms with Crippen molar-refractivity contribution in [3.05, 3.63) is 54.0 Å². The molecule has 0 radical (unpaired) electrons. The highest BCUT2D eigenvalue weighted by atomic mass is 16.1. The Kier molecular flexibility index (Phi) is 4.65. The lowest BCUT2D eigenvalue weighted by molar-refractivity contribution is 0.0939. The highest BCUT2D eigenvalue weighted by Gasteiger charge is 2.15. The fourth-order valence-electron chi connectivity index (χ4n) is 1.88. The molecule has 5 nitrogen and oxygen atoms in total. The van der Waals surface area contributed by atoms with E-state index in [4.69, 9.17) is 0 Å². The third-order valence-electron chi connectivity index (χ3n) is 2.88. The largest absolute Gasteiger partial charge is 0.370 e. The van der Waals surface area contributed by atoms with E-state index < -0.39 is 0 Å². The van der Waals surface area contributed by atoms with Crippen LogP contribution in [0.5, 0.6) is 0 Å². The molecule has 2 heterocycles. The van der Waals surface area contributed by atoms with Gasteiger partial charge < -0.3 is 10.6 Å². The molecular weight excluding hydrogens is 252 g/mol. The third-order valence-corrected chi connectivity index (χ3v) is 2.88. The first kappa shape index (κ1) is 14.0. The normalized spacial score (nSPS) is 11.7. The Balaban J connectivity index is 2.12. The second kappa shape index (κ2) is 6.65. The van der Waals surface area contributed by atoms with E-state index in [1.165, 1.54) is 0 Å². The predicted octanol–water partition coefficient (Wildman–Crippen LogP) is 2.40. The summed E-state index contributed by atoms with van der Waals surface area (Å²) in [6.07, 6.45) is 3.38. The van der Waals surface area contributed by atoms with E-state index in [2.05, 4.69) is 20.6 Å². The Morgan fingerprint density at radius 2 is 2.00 bits per heavy atom. The fourth-order valence-corrected chi connectivity index (χ4v) is 1.88. The van der Waals surface area contributed by atoms with Gasteiger partial charge in [-0.2, -0.15) is 0 Å². The van der Waals surface area contributed by atoms with Crippen molar-refractivity contribution in [2.24, 2.45) is 0 Å². The van der Waals surface area contributed by atoms with Crippen LogP contribution in [0.3, 0.4) is 0 Å². The molecule has 5 heteroatoms. The minimum atomic E-state index is -0.160. The summed E-state index contributed by atoms with van der Waals surface area (Å²) in [5, 5.41) is 6.01. The molecule has 104 valence electrons. The first-order chi connectivity index (χ1) is 9.72. The van der Waals surface area contributed by atoms with Crippen molar-refractivity contribution in [2.75, 3.05) is 11.9 Å². The number of carbonyl (C=O) groups excluding carboxylic acids is 1. The van der Waals surface area contributed by atoms with Gasteiger partial charge in [0.15, 0.2) is 0 Å². The summed E-state index contributed by atoms with van der Waals surface area (Å²) < 4.78 is 0. The maximum absolute atomic E-state index is 12.3. The van der Waals surface area contributed by atoms with Gasteiger partial charge in [-0.05, 0) is 38.1 Å². The van der Waals surface area contributed by atoms with Crippen molar-refractivity contribution >= 4 is 11.7 Å². The molecule has 1 unspecified atom stereocenters. The molecule has 0 aliphatic carbocycles. The number of amides is 1. The molecule has 0 aliphatic rings. The van der Waals surface area contributed by atoms with Gasteiger partial charge in [0, 0.05) is 18.9 Å².